The third kappa shape index (κ3) is 3.42. The Kier molecular flexibility index (Phi) is 4.27. The highest BCUT2D eigenvalue weighted by atomic mass is 19.1. The van der Waals surface area contributed by atoms with Gasteiger partial charge in [-0.05, 0) is 25.1 Å². The van der Waals surface area contributed by atoms with E-state index in [2.05, 4.69) is 0 Å². The molecule has 0 saturated heterocycles. The van der Waals surface area contributed by atoms with Crippen LogP contribution in [0.3, 0.4) is 0 Å². The maximum atomic E-state index is 13.5. The number of ketones is 1. The van der Waals surface area contributed by atoms with Crippen molar-refractivity contribution in [3.63, 3.8) is 0 Å². The van der Waals surface area contributed by atoms with Gasteiger partial charge in [-0.15, -0.1) is 0 Å². The van der Waals surface area contributed by atoms with Gasteiger partial charge in [-0.1, -0.05) is 18.2 Å². The molecule has 0 spiro atoms. The molecule has 0 atom stereocenters. The first kappa shape index (κ1) is 14.6. The Morgan fingerprint density at radius 3 is 2.62 bits per heavy atom. The zero-order valence-corrected chi connectivity index (χ0v) is 11.2. The number of nitro benzene ring substituents is 1. The molecule has 0 amide bonds. The third-order valence-corrected chi connectivity index (χ3v) is 2.90. The fourth-order valence-electron chi connectivity index (χ4n) is 1.77. The van der Waals surface area contributed by atoms with Crippen LogP contribution in [-0.2, 0) is 6.61 Å². The lowest BCUT2D eigenvalue weighted by Crippen LogP contribution is -2.02. The summed E-state index contributed by atoms with van der Waals surface area (Å²) in [4.78, 5) is 21.6. The topological polar surface area (TPSA) is 69.4 Å². The van der Waals surface area contributed by atoms with Gasteiger partial charge < -0.3 is 4.74 Å². The van der Waals surface area contributed by atoms with Crippen LogP contribution in [-0.4, -0.2) is 10.7 Å². The number of nitrogens with zero attached hydrogens (tertiary/aromatic N) is 1. The van der Waals surface area contributed by atoms with E-state index in [9.17, 15) is 19.3 Å². The van der Waals surface area contributed by atoms with E-state index in [4.69, 9.17) is 4.74 Å². The van der Waals surface area contributed by atoms with Crippen LogP contribution >= 0.6 is 0 Å². The molecule has 2 aromatic carbocycles. The van der Waals surface area contributed by atoms with Crippen molar-refractivity contribution >= 4 is 11.5 Å². The van der Waals surface area contributed by atoms with Crippen LogP contribution in [0.1, 0.15) is 22.8 Å². The van der Waals surface area contributed by atoms with Crippen molar-refractivity contribution in [3.05, 3.63) is 69.5 Å². The Hall–Kier alpha value is -2.76. The first-order chi connectivity index (χ1) is 9.99. The molecular weight excluding hydrogens is 277 g/mol. The molecule has 5 nitrogen and oxygen atoms in total. The van der Waals surface area contributed by atoms with E-state index in [1.165, 1.54) is 31.2 Å². The van der Waals surface area contributed by atoms with Gasteiger partial charge >= 0.3 is 5.69 Å². The Bertz CT molecular complexity index is 700. The summed E-state index contributed by atoms with van der Waals surface area (Å²) in [6.45, 7) is 1.19. The first-order valence-corrected chi connectivity index (χ1v) is 6.14. The number of halogens is 1. The van der Waals surface area contributed by atoms with Crippen molar-refractivity contribution in [2.75, 3.05) is 0 Å². The molecule has 0 bridgehead atoms. The molecule has 0 aliphatic carbocycles. The SMILES string of the molecule is CC(=O)c1ccc(OCc2ccccc2F)c([N+](=O)[O-])c1. The lowest BCUT2D eigenvalue weighted by atomic mass is 10.1. The largest absolute Gasteiger partial charge is 0.482 e. The molecule has 21 heavy (non-hydrogen) atoms. The number of nitro groups is 1. The van der Waals surface area contributed by atoms with Gasteiger partial charge in [-0.2, -0.15) is 0 Å². The van der Waals surface area contributed by atoms with Crippen LogP contribution in [0, 0.1) is 15.9 Å². The van der Waals surface area contributed by atoms with Crippen LogP contribution < -0.4 is 4.74 Å². The molecule has 0 N–H and O–H groups in total. The van der Waals surface area contributed by atoms with E-state index in [1.807, 2.05) is 0 Å². The van der Waals surface area contributed by atoms with Gasteiger partial charge in [0, 0.05) is 17.2 Å². The normalized spacial score (nSPS) is 10.2. The predicted octanol–water partition coefficient (Wildman–Crippen LogP) is 3.52. The molecule has 0 radical (unpaired) electrons. The molecule has 2 aromatic rings. The summed E-state index contributed by atoms with van der Waals surface area (Å²) < 4.78 is 18.8. The van der Waals surface area contributed by atoms with Crippen molar-refractivity contribution in [2.45, 2.75) is 13.5 Å². The quantitative estimate of drug-likeness (QED) is 0.480. The number of carbonyl (C=O) groups excluding carboxylic acids is 1. The molecule has 0 saturated carbocycles. The number of rotatable bonds is 5. The van der Waals surface area contributed by atoms with Gasteiger partial charge in [-0.25, -0.2) is 4.39 Å². The standard InChI is InChI=1S/C15H12FNO4/c1-10(18)11-6-7-15(14(8-11)17(19)20)21-9-12-4-2-3-5-13(12)16/h2-8H,9H2,1H3. The zero-order chi connectivity index (χ0) is 15.4. The molecule has 0 heterocycles. The van der Waals surface area contributed by atoms with E-state index >= 15 is 0 Å². The summed E-state index contributed by atoms with van der Waals surface area (Å²) >= 11 is 0. The summed E-state index contributed by atoms with van der Waals surface area (Å²) in [7, 11) is 0. The maximum absolute atomic E-state index is 13.5. The van der Waals surface area contributed by atoms with Gasteiger partial charge in [0.1, 0.15) is 12.4 Å². The van der Waals surface area contributed by atoms with E-state index in [-0.39, 0.29) is 29.4 Å². The molecule has 0 fully saturated rings. The monoisotopic (exact) mass is 289 g/mol. The molecule has 0 aliphatic heterocycles. The van der Waals surface area contributed by atoms with Crippen LogP contribution in [0.15, 0.2) is 42.5 Å². The minimum Gasteiger partial charge on any atom is -0.482 e. The highest BCUT2D eigenvalue weighted by molar-refractivity contribution is 5.95. The fourth-order valence-corrected chi connectivity index (χ4v) is 1.77. The second-order valence-corrected chi connectivity index (χ2v) is 4.38. The Balaban J connectivity index is 2.26. The maximum Gasteiger partial charge on any atom is 0.311 e. The number of ether oxygens (including phenoxy) is 1. The average molecular weight is 289 g/mol. The minimum atomic E-state index is -0.636. The minimum absolute atomic E-state index is 0.00625. The number of carbonyl (C=O) groups is 1. The van der Waals surface area contributed by atoms with Crippen molar-refractivity contribution in [2.24, 2.45) is 0 Å². The van der Waals surface area contributed by atoms with Crippen molar-refractivity contribution in [1.82, 2.24) is 0 Å². The highest BCUT2D eigenvalue weighted by Crippen LogP contribution is 2.29. The second kappa shape index (κ2) is 6.13. The fraction of sp³-hybridized carbons (Fsp3) is 0.133. The number of hydrogen-bond donors (Lipinski definition) is 0. The summed E-state index contributed by atoms with van der Waals surface area (Å²) in [5, 5.41) is 11.0. The van der Waals surface area contributed by atoms with Crippen LogP contribution in [0.2, 0.25) is 0 Å². The Labute approximate surface area is 120 Å². The van der Waals surface area contributed by atoms with Crippen LogP contribution in [0.5, 0.6) is 5.75 Å². The summed E-state index contributed by atoms with van der Waals surface area (Å²) in [5.41, 5.74) is 0.196. The van der Waals surface area contributed by atoms with Crippen molar-refractivity contribution < 1.29 is 18.8 Å². The van der Waals surface area contributed by atoms with Crippen LogP contribution in [0.25, 0.3) is 0 Å². The molecule has 2 rings (SSSR count). The lowest BCUT2D eigenvalue weighted by Gasteiger charge is -2.08. The molecule has 0 aliphatic rings. The summed E-state index contributed by atoms with van der Waals surface area (Å²) in [6, 6.07) is 9.94. The second-order valence-electron chi connectivity index (χ2n) is 4.38. The van der Waals surface area contributed by atoms with Gasteiger partial charge in [0.25, 0.3) is 0 Å². The number of hydrogen-bond acceptors (Lipinski definition) is 4. The lowest BCUT2D eigenvalue weighted by molar-refractivity contribution is -0.386. The van der Waals surface area contributed by atoms with Gasteiger partial charge in [0.05, 0.1) is 4.92 Å². The molecule has 108 valence electrons. The predicted molar refractivity (Wildman–Crippen MR) is 73.8 cm³/mol. The van der Waals surface area contributed by atoms with Crippen molar-refractivity contribution in [1.29, 1.82) is 0 Å². The summed E-state index contributed by atoms with van der Waals surface area (Å²) in [6.07, 6.45) is 0. The van der Waals surface area contributed by atoms with Crippen LogP contribution in [0.4, 0.5) is 10.1 Å². The highest BCUT2D eigenvalue weighted by Gasteiger charge is 2.18. The number of Topliss-reactive ketones (excluding diaryl/α,β-unsaturated/α-hetero) is 1. The molecule has 0 aromatic heterocycles. The average Bonchev–Trinajstić information content (AvgIpc) is 2.46. The van der Waals surface area contributed by atoms with Crippen molar-refractivity contribution in [3.8, 4) is 5.75 Å². The van der Waals surface area contributed by atoms with E-state index in [0.717, 1.165) is 6.07 Å². The summed E-state index contributed by atoms with van der Waals surface area (Å²) in [5.74, 6) is -0.729. The molecule has 0 unspecified atom stereocenters. The van der Waals surface area contributed by atoms with Gasteiger partial charge in [0.2, 0.25) is 0 Å². The van der Waals surface area contributed by atoms with E-state index in [0.29, 0.717) is 5.56 Å². The third-order valence-electron chi connectivity index (χ3n) is 2.90. The molecular formula is C15H12FNO4. The van der Waals surface area contributed by atoms with E-state index < -0.39 is 10.7 Å². The zero-order valence-electron chi connectivity index (χ0n) is 11.2. The number of benzene rings is 2. The van der Waals surface area contributed by atoms with Gasteiger partial charge in [0.15, 0.2) is 11.5 Å². The first-order valence-electron chi connectivity index (χ1n) is 6.14. The smallest absolute Gasteiger partial charge is 0.311 e. The molecule has 6 heteroatoms. The van der Waals surface area contributed by atoms with E-state index in [1.54, 1.807) is 12.1 Å². The van der Waals surface area contributed by atoms with Gasteiger partial charge in [-0.3, -0.25) is 14.9 Å². The Morgan fingerprint density at radius 2 is 2.00 bits per heavy atom. The Morgan fingerprint density at radius 1 is 1.29 bits per heavy atom.